The Morgan fingerprint density at radius 3 is 2.21 bits per heavy atom. The van der Waals surface area contributed by atoms with Crippen molar-refractivity contribution in [2.24, 2.45) is 16.4 Å². The van der Waals surface area contributed by atoms with Crippen LogP contribution < -0.4 is 9.91 Å². The van der Waals surface area contributed by atoms with E-state index in [2.05, 4.69) is 39.3 Å². The van der Waals surface area contributed by atoms with Gasteiger partial charge < -0.3 is 14.9 Å². The van der Waals surface area contributed by atoms with Crippen LogP contribution in [0.2, 0.25) is 0 Å². The number of amides is 1. The van der Waals surface area contributed by atoms with Crippen LogP contribution in [0, 0.1) is 11.3 Å². The second-order valence-corrected chi connectivity index (χ2v) is 11.4. The van der Waals surface area contributed by atoms with Gasteiger partial charge in [0.05, 0.1) is 17.3 Å². The van der Waals surface area contributed by atoms with Crippen LogP contribution in [0.4, 0.5) is 11.4 Å². The van der Waals surface area contributed by atoms with Crippen LogP contribution in [0.3, 0.4) is 0 Å². The molecule has 1 spiro atoms. The van der Waals surface area contributed by atoms with Gasteiger partial charge in [0.15, 0.2) is 0 Å². The maximum Gasteiger partial charge on any atom is 0.225 e. The molecule has 5 aliphatic rings. The summed E-state index contributed by atoms with van der Waals surface area (Å²) in [7, 11) is 0. The Bertz CT molecular complexity index is 887. The molecule has 0 bridgehead atoms. The van der Waals surface area contributed by atoms with Crippen LogP contribution in [0.25, 0.3) is 0 Å². The van der Waals surface area contributed by atoms with Crippen LogP contribution in [-0.4, -0.2) is 60.0 Å². The zero-order valence-electron chi connectivity index (χ0n) is 19.8. The number of benzene rings is 1. The van der Waals surface area contributed by atoms with Gasteiger partial charge in [-0.2, -0.15) is 5.10 Å². The van der Waals surface area contributed by atoms with E-state index >= 15 is 0 Å². The number of rotatable bonds is 5. The average molecular weight is 451 g/mol. The van der Waals surface area contributed by atoms with Gasteiger partial charge in [-0.05, 0) is 87.5 Å². The average Bonchev–Trinajstić information content (AvgIpc) is 3.58. The number of hydrogen-bond acceptors (Lipinski definition) is 5. The molecule has 33 heavy (non-hydrogen) atoms. The maximum absolute atomic E-state index is 12.4. The first kappa shape index (κ1) is 21.5. The first-order valence-corrected chi connectivity index (χ1v) is 13.2. The summed E-state index contributed by atoms with van der Waals surface area (Å²) in [5.74, 6) is 0.571. The Balaban J connectivity index is 1.05. The summed E-state index contributed by atoms with van der Waals surface area (Å²) in [4.78, 5) is 16.9. The molecule has 6 nitrogen and oxygen atoms in total. The monoisotopic (exact) mass is 450 g/mol. The predicted molar refractivity (Wildman–Crippen MR) is 132 cm³/mol. The summed E-state index contributed by atoms with van der Waals surface area (Å²) >= 11 is 0. The van der Waals surface area contributed by atoms with Crippen molar-refractivity contribution in [1.82, 2.24) is 4.90 Å². The Hall–Kier alpha value is -2.08. The second kappa shape index (κ2) is 8.30. The molecule has 2 aliphatic carbocycles. The number of anilines is 2. The molecule has 2 saturated heterocycles. The summed E-state index contributed by atoms with van der Waals surface area (Å²) in [5.41, 5.74) is 2.39. The molecule has 0 radical (unpaired) electrons. The van der Waals surface area contributed by atoms with Crippen molar-refractivity contribution >= 4 is 23.5 Å². The summed E-state index contributed by atoms with van der Waals surface area (Å²) in [6.07, 6.45) is 14.0. The van der Waals surface area contributed by atoms with Gasteiger partial charge in [-0.15, -0.1) is 0 Å². The molecule has 1 N–H and O–H groups in total. The lowest BCUT2D eigenvalue weighted by atomic mass is 9.63. The Morgan fingerprint density at radius 2 is 1.61 bits per heavy atom. The third-order valence-corrected chi connectivity index (χ3v) is 9.20. The molecule has 0 aromatic heterocycles. The minimum atomic E-state index is -0.706. The van der Waals surface area contributed by atoms with Crippen LogP contribution >= 0.6 is 0 Å². The van der Waals surface area contributed by atoms with Crippen molar-refractivity contribution in [1.29, 1.82) is 0 Å². The largest absolute Gasteiger partial charge is 0.390 e. The fourth-order valence-corrected chi connectivity index (χ4v) is 6.50. The van der Waals surface area contributed by atoms with Crippen molar-refractivity contribution in [2.75, 3.05) is 36.1 Å². The summed E-state index contributed by atoms with van der Waals surface area (Å²) in [6, 6.07) is 9.06. The molecular formula is C27H38N4O2. The van der Waals surface area contributed by atoms with Crippen molar-refractivity contribution in [2.45, 2.75) is 82.3 Å². The molecule has 6 heteroatoms. The molecule has 1 unspecified atom stereocenters. The summed E-state index contributed by atoms with van der Waals surface area (Å²) < 4.78 is 0. The van der Waals surface area contributed by atoms with Crippen LogP contribution in [0.5, 0.6) is 0 Å². The van der Waals surface area contributed by atoms with E-state index < -0.39 is 5.60 Å². The van der Waals surface area contributed by atoms with Gasteiger partial charge in [0, 0.05) is 50.4 Å². The highest BCUT2D eigenvalue weighted by Crippen LogP contribution is 2.49. The zero-order chi connectivity index (χ0) is 22.5. The van der Waals surface area contributed by atoms with E-state index in [0.717, 1.165) is 24.9 Å². The van der Waals surface area contributed by atoms with Gasteiger partial charge in [-0.1, -0.05) is 6.42 Å². The Labute approximate surface area is 197 Å². The quantitative estimate of drug-likeness (QED) is 0.731. The molecule has 3 heterocycles. The van der Waals surface area contributed by atoms with E-state index in [4.69, 9.17) is 0 Å². The van der Waals surface area contributed by atoms with E-state index in [1.54, 1.807) is 0 Å². The minimum absolute atomic E-state index is 0.181. The molecule has 6 rings (SSSR count). The molecule has 1 aromatic carbocycles. The van der Waals surface area contributed by atoms with Crippen molar-refractivity contribution in [3.8, 4) is 0 Å². The first-order chi connectivity index (χ1) is 16.0. The lowest BCUT2D eigenvalue weighted by Crippen LogP contribution is -2.49. The van der Waals surface area contributed by atoms with E-state index in [1.165, 1.54) is 50.9 Å². The maximum atomic E-state index is 12.4. The predicted octanol–water partition coefficient (Wildman–Crippen LogP) is 4.18. The number of carbonyl (C=O) groups is 1. The highest BCUT2D eigenvalue weighted by Gasteiger charge is 2.42. The molecule has 2 saturated carbocycles. The van der Waals surface area contributed by atoms with E-state index in [9.17, 15) is 9.90 Å². The number of carbonyl (C=O) groups excluding carboxylic acids is 1. The van der Waals surface area contributed by atoms with E-state index in [0.29, 0.717) is 43.7 Å². The Morgan fingerprint density at radius 1 is 0.939 bits per heavy atom. The van der Waals surface area contributed by atoms with Gasteiger partial charge in [0.2, 0.25) is 5.91 Å². The lowest BCUT2D eigenvalue weighted by Gasteiger charge is -2.48. The SMILES string of the molecule is O=C(C1CC1)N1CCC(O)(CC2CC=NN2c2ccc(N3CCC4(CCC4)CC3)cc2)CC1. The summed E-state index contributed by atoms with van der Waals surface area (Å²) in [6.45, 7) is 3.73. The minimum Gasteiger partial charge on any atom is -0.390 e. The van der Waals surface area contributed by atoms with E-state index in [1.807, 2.05) is 11.1 Å². The van der Waals surface area contributed by atoms with E-state index in [-0.39, 0.29) is 12.0 Å². The molecule has 1 aromatic rings. The smallest absolute Gasteiger partial charge is 0.225 e. The number of nitrogens with zero attached hydrogens (tertiary/aromatic N) is 4. The normalized spacial score (nSPS) is 28.3. The zero-order valence-corrected chi connectivity index (χ0v) is 19.8. The standard InChI is InChI=1S/C27H38N4O2/c32-25(21-2-3-21)30-18-13-27(33,14-19-30)20-24-8-15-28-31(24)23-6-4-22(5-7-23)29-16-11-26(12-17-29)9-1-10-26/h4-7,15,21,24,33H,1-3,8-14,16-20H2. The third-order valence-electron chi connectivity index (χ3n) is 9.20. The molecule has 1 amide bonds. The number of likely N-dealkylation sites (tertiary alicyclic amines) is 1. The van der Waals surface area contributed by atoms with Gasteiger partial charge in [0.25, 0.3) is 0 Å². The molecule has 3 aliphatic heterocycles. The van der Waals surface area contributed by atoms with Crippen molar-refractivity contribution in [3.63, 3.8) is 0 Å². The number of hydrazone groups is 1. The van der Waals surface area contributed by atoms with Gasteiger partial charge in [0.1, 0.15) is 0 Å². The van der Waals surface area contributed by atoms with Gasteiger partial charge in [-0.25, -0.2) is 0 Å². The van der Waals surface area contributed by atoms with Gasteiger partial charge in [-0.3, -0.25) is 9.80 Å². The van der Waals surface area contributed by atoms with Crippen LogP contribution in [0.15, 0.2) is 29.4 Å². The summed E-state index contributed by atoms with van der Waals surface area (Å²) in [5, 5.41) is 18.1. The Kier molecular flexibility index (Phi) is 5.39. The highest BCUT2D eigenvalue weighted by molar-refractivity contribution is 5.81. The number of aliphatic hydroxyl groups is 1. The van der Waals surface area contributed by atoms with Crippen molar-refractivity contribution in [3.05, 3.63) is 24.3 Å². The second-order valence-electron chi connectivity index (χ2n) is 11.4. The molecule has 4 fully saturated rings. The van der Waals surface area contributed by atoms with Crippen LogP contribution in [0.1, 0.15) is 70.6 Å². The highest BCUT2D eigenvalue weighted by atomic mass is 16.3. The van der Waals surface area contributed by atoms with Crippen LogP contribution in [-0.2, 0) is 4.79 Å². The first-order valence-electron chi connectivity index (χ1n) is 13.2. The molecule has 178 valence electrons. The van der Waals surface area contributed by atoms with Gasteiger partial charge >= 0.3 is 0 Å². The number of hydrogen-bond donors (Lipinski definition) is 1. The fraction of sp³-hybridized carbons (Fsp3) is 0.704. The topological polar surface area (TPSA) is 59.4 Å². The lowest BCUT2D eigenvalue weighted by molar-refractivity contribution is -0.137. The molecular weight excluding hydrogens is 412 g/mol. The number of piperidine rings is 2. The molecule has 1 atom stereocenters. The fourth-order valence-electron chi connectivity index (χ4n) is 6.50. The van der Waals surface area contributed by atoms with Crippen molar-refractivity contribution < 1.29 is 9.90 Å². The third kappa shape index (κ3) is 4.27.